The first-order chi connectivity index (χ1) is 8.83. The molecule has 0 saturated heterocycles. The van der Waals surface area contributed by atoms with Gasteiger partial charge in [0.2, 0.25) is 0 Å². The normalized spacial score (nSPS) is 9.22. The molecule has 0 heterocycles. The Kier molecular flexibility index (Phi) is 7.38. The molecule has 2 aromatic carbocycles. The van der Waals surface area contributed by atoms with Gasteiger partial charge in [0.05, 0.1) is 6.61 Å². The Labute approximate surface area is 110 Å². The van der Waals surface area contributed by atoms with E-state index in [2.05, 4.69) is 26.0 Å². The lowest BCUT2D eigenvalue weighted by atomic mass is 10.2. The molecule has 0 saturated carbocycles. The summed E-state index contributed by atoms with van der Waals surface area (Å²) in [5.74, 6) is 0.973. The van der Waals surface area contributed by atoms with Gasteiger partial charge in [-0.15, -0.1) is 0 Å². The molecule has 0 bridgehead atoms. The Balaban J connectivity index is 0.000000199. The average molecular weight is 242 g/mol. The minimum Gasteiger partial charge on any atom is -0.494 e. The number of unbranched alkanes of at least 4 members (excludes halogenated alkanes) is 1. The molecule has 2 rings (SSSR count). The monoisotopic (exact) mass is 242 g/mol. The highest BCUT2D eigenvalue weighted by atomic mass is 16.5. The first-order valence-corrected chi connectivity index (χ1v) is 6.52. The lowest BCUT2D eigenvalue weighted by Crippen LogP contribution is -1.95. The van der Waals surface area contributed by atoms with Crippen molar-refractivity contribution in [3.05, 3.63) is 66.2 Å². The van der Waals surface area contributed by atoms with E-state index in [1.807, 2.05) is 48.5 Å². The van der Waals surface area contributed by atoms with Gasteiger partial charge in [-0.2, -0.15) is 0 Å². The molecule has 96 valence electrons. The predicted octanol–water partition coefficient (Wildman–Crippen LogP) is 4.86. The Bertz CT molecular complexity index is 394. The van der Waals surface area contributed by atoms with Crippen LogP contribution in [0.25, 0.3) is 0 Å². The van der Waals surface area contributed by atoms with Crippen LogP contribution in [0.4, 0.5) is 0 Å². The van der Waals surface area contributed by atoms with Crippen LogP contribution in [0.1, 0.15) is 25.3 Å². The maximum Gasteiger partial charge on any atom is 0.119 e. The summed E-state index contributed by atoms with van der Waals surface area (Å²) in [5, 5.41) is 0. The van der Waals surface area contributed by atoms with Crippen molar-refractivity contribution in [2.75, 3.05) is 6.61 Å². The van der Waals surface area contributed by atoms with Gasteiger partial charge in [-0.25, -0.2) is 0 Å². The minimum absolute atomic E-state index is 0.834. The second kappa shape index (κ2) is 9.29. The molecule has 0 unspecified atom stereocenters. The lowest BCUT2D eigenvalue weighted by Gasteiger charge is -2.03. The SMILES string of the molecule is CCCCOc1ccccc1.Cc1ccccc1. The molecular formula is C17H22O. The Morgan fingerprint density at radius 3 is 1.83 bits per heavy atom. The third kappa shape index (κ3) is 6.74. The predicted molar refractivity (Wildman–Crippen MR) is 78.0 cm³/mol. The summed E-state index contributed by atoms with van der Waals surface area (Å²) in [6.07, 6.45) is 2.32. The van der Waals surface area contributed by atoms with Gasteiger partial charge in [-0.3, -0.25) is 0 Å². The molecule has 18 heavy (non-hydrogen) atoms. The van der Waals surface area contributed by atoms with E-state index in [1.54, 1.807) is 0 Å². The molecule has 0 atom stereocenters. The van der Waals surface area contributed by atoms with Crippen molar-refractivity contribution in [2.24, 2.45) is 0 Å². The number of aryl methyl sites for hydroxylation is 1. The molecule has 0 spiro atoms. The maximum atomic E-state index is 5.45. The molecular weight excluding hydrogens is 220 g/mol. The molecule has 0 aromatic heterocycles. The topological polar surface area (TPSA) is 9.23 Å². The van der Waals surface area contributed by atoms with E-state index in [9.17, 15) is 0 Å². The molecule has 1 nitrogen and oxygen atoms in total. The fraction of sp³-hybridized carbons (Fsp3) is 0.294. The van der Waals surface area contributed by atoms with Crippen LogP contribution in [-0.4, -0.2) is 6.61 Å². The summed E-state index contributed by atoms with van der Waals surface area (Å²) in [6.45, 7) is 5.08. The van der Waals surface area contributed by atoms with Gasteiger partial charge >= 0.3 is 0 Å². The number of hydrogen-bond donors (Lipinski definition) is 0. The first kappa shape index (κ1) is 14.3. The molecule has 0 aliphatic carbocycles. The van der Waals surface area contributed by atoms with E-state index in [4.69, 9.17) is 4.74 Å². The van der Waals surface area contributed by atoms with Gasteiger partial charge in [0.25, 0.3) is 0 Å². The number of rotatable bonds is 4. The molecule has 0 amide bonds. The number of ether oxygens (including phenoxy) is 1. The first-order valence-electron chi connectivity index (χ1n) is 6.52. The Hall–Kier alpha value is -1.76. The van der Waals surface area contributed by atoms with E-state index in [0.717, 1.165) is 18.8 Å². The highest BCUT2D eigenvalue weighted by Gasteiger charge is 1.88. The highest BCUT2D eigenvalue weighted by molar-refractivity contribution is 5.20. The lowest BCUT2D eigenvalue weighted by molar-refractivity contribution is 0.309. The molecule has 0 radical (unpaired) electrons. The van der Waals surface area contributed by atoms with Crippen molar-refractivity contribution in [3.63, 3.8) is 0 Å². The molecule has 0 aliphatic heterocycles. The van der Waals surface area contributed by atoms with Gasteiger partial charge in [0.15, 0.2) is 0 Å². The van der Waals surface area contributed by atoms with Crippen LogP contribution >= 0.6 is 0 Å². The molecule has 0 fully saturated rings. The zero-order valence-corrected chi connectivity index (χ0v) is 11.3. The summed E-state index contributed by atoms with van der Waals surface area (Å²) in [4.78, 5) is 0. The van der Waals surface area contributed by atoms with Crippen molar-refractivity contribution in [1.29, 1.82) is 0 Å². The van der Waals surface area contributed by atoms with Crippen molar-refractivity contribution < 1.29 is 4.74 Å². The smallest absolute Gasteiger partial charge is 0.119 e. The van der Waals surface area contributed by atoms with E-state index in [-0.39, 0.29) is 0 Å². The van der Waals surface area contributed by atoms with Crippen LogP contribution in [0.5, 0.6) is 5.75 Å². The van der Waals surface area contributed by atoms with Gasteiger partial charge in [0, 0.05) is 0 Å². The maximum absolute atomic E-state index is 5.45. The van der Waals surface area contributed by atoms with Crippen molar-refractivity contribution >= 4 is 0 Å². The van der Waals surface area contributed by atoms with Crippen LogP contribution in [-0.2, 0) is 0 Å². The van der Waals surface area contributed by atoms with Gasteiger partial charge < -0.3 is 4.74 Å². The quantitative estimate of drug-likeness (QED) is 0.696. The van der Waals surface area contributed by atoms with Crippen LogP contribution < -0.4 is 4.74 Å². The molecule has 1 heteroatoms. The average Bonchev–Trinajstić information content (AvgIpc) is 2.42. The second-order valence-corrected chi connectivity index (χ2v) is 4.17. The molecule has 0 aliphatic rings. The number of para-hydroxylation sites is 1. The molecule has 2 aromatic rings. The van der Waals surface area contributed by atoms with Crippen LogP contribution in [0, 0.1) is 6.92 Å². The van der Waals surface area contributed by atoms with E-state index in [1.165, 1.54) is 12.0 Å². The van der Waals surface area contributed by atoms with Crippen molar-refractivity contribution in [3.8, 4) is 5.75 Å². The van der Waals surface area contributed by atoms with Crippen LogP contribution in [0.2, 0.25) is 0 Å². The Morgan fingerprint density at radius 2 is 1.39 bits per heavy atom. The summed E-state index contributed by atoms with van der Waals surface area (Å²) in [7, 11) is 0. The fourth-order valence-electron chi connectivity index (χ4n) is 1.39. The number of benzene rings is 2. The van der Waals surface area contributed by atoms with Crippen molar-refractivity contribution in [1.82, 2.24) is 0 Å². The summed E-state index contributed by atoms with van der Waals surface area (Å²) < 4.78 is 5.45. The zero-order valence-electron chi connectivity index (χ0n) is 11.3. The standard InChI is InChI=1S/C10H14O.C7H8/c1-2-3-9-11-10-7-5-4-6-8-10;1-7-5-3-2-4-6-7/h4-8H,2-3,9H2,1H3;2-6H,1H3. The van der Waals surface area contributed by atoms with E-state index in [0.29, 0.717) is 0 Å². The van der Waals surface area contributed by atoms with E-state index < -0.39 is 0 Å². The molecule has 0 N–H and O–H groups in total. The van der Waals surface area contributed by atoms with Gasteiger partial charge in [0.1, 0.15) is 5.75 Å². The number of hydrogen-bond acceptors (Lipinski definition) is 1. The Morgan fingerprint density at radius 1 is 0.833 bits per heavy atom. The third-order valence-corrected chi connectivity index (χ3v) is 2.45. The van der Waals surface area contributed by atoms with Gasteiger partial charge in [-0.05, 0) is 25.5 Å². The third-order valence-electron chi connectivity index (χ3n) is 2.45. The second-order valence-electron chi connectivity index (χ2n) is 4.17. The van der Waals surface area contributed by atoms with Crippen molar-refractivity contribution in [2.45, 2.75) is 26.7 Å². The largest absolute Gasteiger partial charge is 0.494 e. The van der Waals surface area contributed by atoms with E-state index >= 15 is 0 Å². The highest BCUT2D eigenvalue weighted by Crippen LogP contribution is 2.08. The van der Waals surface area contributed by atoms with Crippen LogP contribution in [0.3, 0.4) is 0 Å². The fourth-order valence-corrected chi connectivity index (χ4v) is 1.39. The van der Waals surface area contributed by atoms with Crippen LogP contribution in [0.15, 0.2) is 60.7 Å². The zero-order chi connectivity index (χ0) is 13.1. The minimum atomic E-state index is 0.834. The summed E-state index contributed by atoms with van der Waals surface area (Å²) >= 11 is 0. The summed E-state index contributed by atoms with van der Waals surface area (Å²) in [5.41, 5.74) is 1.32. The van der Waals surface area contributed by atoms with Gasteiger partial charge in [-0.1, -0.05) is 67.4 Å². The summed E-state index contributed by atoms with van der Waals surface area (Å²) in [6, 6.07) is 20.2.